The molecule has 92 valence electrons. The van der Waals surface area contributed by atoms with Crippen molar-refractivity contribution in [1.82, 2.24) is 4.31 Å². The van der Waals surface area contributed by atoms with Gasteiger partial charge in [0.05, 0.1) is 0 Å². The van der Waals surface area contributed by atoms with Crippen LogP contribution in [-0.4, -0.2) is 25.8 Å². The third-order valence-corrected chi connectivity index (χ3v) is 6.15. The molecule has 0 aliphatic rings. The molecule has 1 aromatic rings. The first-order chi connectivity index (χ1) is 7.26. The summed E-state index contributed by atoms with van der Waals surface area (Å²) < 4.78 is 26.1. The molecule has 0 aliphatic carbocycles. The third kappa shape index (κ3) is 2.56. The summed E-state index contributed by atoms with van der Waals surface area (Å²) >= 11 is 1.16. The number of nitrogens with zero attached hydrogens (tertiary/aromatic N) is 1. The third-order valence-electron chi connectivity index (χ3n) is 2.77. The Morgan fingerprint density at radius 2 is 1.94 bits per heavy atom. The monoisotopic (exact) mass is 262 g/mol. The summed E-state index contributed by atoms with van der Waals surface area (Å²) in [6.45, 7) is 5.90. The van der Waals surface area contributed by atoms with Crippen molar-refractivity contribution < 1.29 is 8.42 Å². The Balaban J connectivity index is 3.03. The summed E-state index contributed by atoms with van der Waals surface area (Å²) in [6.07, 6.45) is 0. The Morgan fingerprint density at radius 1 is 1.38 bits per heavy atom. The van der Waals surface area contributed by atoms with Crippen LogP contribution in [0.3, 0.4) is 0 Å². The largest absolute Gasteiger partial charge is 0.398 e. The van der Waals surface area contributed by atoms with E-state index in [2.05, 4.69) is 0 Å². The Bertz CT molecular complexity index is 451. The van der Waals surface area contributed by atoms with Gasteiger partial charge in [0.25, 0.3) is 10.0 Å². The lowest BCUT2D eigenvalue weighted by molar-refractivity contribution is 0.316. The molecule has 6 heteroatoms. The van der Waals surface area contributed by atoms with Crippen molar-refractivity contribution in [3.8, 4) is 0 Å². The first-order valence-corrected chi connectivity index (χ1v) is 7.41. The molecule has 0 radical (unpaired) electrons. The molecule has 16 heavy (non-hydrogen) atoms. The molecule has 1 heterocycles. The fourth-order valence-corrected chi connectivity index (χ4v) is 4.00. The van der Waals surface area contributed by atoms with Crippen LogP contribution >= 0.6 is 11.3 Å². The molecule has 0 aromatic carbocycles. The van der Waals surface area contributed by atoms with E-state index < -0.39 is 10.0 Å². The van der Waals surface area contributed by atoms with Crippen LogP contribution in [0.1, 0.15) is 20.8 Å². The maximum atomic E-state index is 12.2. The lowest BCUT2D eigenvalue weighted by Gasteiger charge is -2.26. The van der Waals surface area contributed by atoms with Crippen molar-refractivity contribution in [2.75, 3.05) is 12.8 Å². The van der Waals surface area contributed by atoms with Crippen LogP contribution in [0.15, 0.2) is 15.7 Å². The predicted molar refractivity (Wildman–Crippen MR) is 68.0 cm³/mol. The van der Waals surface area contributed by atoms with E-state index in [-0.39, 0.29) is 12.0 Å². The number of rotatable bonds is 4. The lowest BCUT2D eigenvalue weighted by atomic mass is 10.1. The minimum absolute atomic E-state index is 0.0340. The van der Waals surface area contributed by atoms with Crippen LogP contribution in [-0.2, 0) is 10.0 Å². The Hall–Kier alpha value is -0.590. The van der Waals surface area contributed by atoms with Gasteiger partial charge >= 0.3 is 0 Å². The van der Waals surface area contributed by atoms with Crippen molar-refractivity contribution in [2.24, 2.45) is 5.92 Å². The standard InChI is InChI=1S/C10H18N2O2S2/c1-7(2)8(3)12(4)16(13,14)10-5-9(11)6-15-10/h5-8H,11H2,1-4H3. The number of hydrogen-bond donors (Lipinski definition) is 1. The second-order valence-corrected chi connectivity index (χ2v) is 7.34. The van der Waals surface area contributed by atoms with Gasteiger partial charge in [0.1, 0.15) is 4.21 Å². The van der Waals surface area contributed by atoms with Crippen LogP contribution in [0.4, 0.5) is 5.69 Å². The van der Waals surface area contributed by atoms with Crippen molar-refractivity contribution in [3.05, 3.63) is 11.4 Å². The molecule has 4 nitrogen and oxygen atoms in total. The van der Waals surface area contributed by atoms with Crippen molar-refractivity contribution >= 4 is 27.0 Å². The fourth-order valence-electron chi connectivity index (χ4n) is 1.25. The van der Waals surface area contributed by atoms with Gasteiger partial charge in [0.2, 0.25) is 0 Å². The molecular weight excluding hydrogens is 244 g/mol. The zero-order valence-electron chi connectivity index (χ0n) is 9.97. The predicted octanol–water partition coefficient (Wildman–Crippen LogP) is 2.00. The average molecular weight is 262 g/mol. The highest BCUT2D eigenvalue weighted by Crippen LogP contribution is 2.26. The zero-order valence-corrected chi connectivity index (χ0v) is 11.6. The van der Waals surface area contributed by atoms with E-state index in [0.717, 1.165) is 11.3 Å². The number of anilines is 1. The van der Waals surface area contributed by atoms with Gasteiger partial charge < -0.3 is 5.73 Å². The molecule has 0 saturated carbocycles. The lowest BCUT2D eigenvalue weighted by Crippen LogP contribution is -2.37. The first kappa shape index (κ1) is 13.5. The zero-order chi connectivity index (χ0) is 12.5. The van der Waals surface area contributed by atoms with E-state index in [0.29, 0.717) is 9.90 Å². The van der Waals surface area contributed by atoms with E-state index in [4.69, 9.17) is 5.73 Å². The fraction of sp³-hybridized carbons (Fsp3) is 0.600. The SMILES string of the molecule is CC(C)C(C)N(C)S(=O)(=O)c1cc(N)cs1. The Labute approximate surface area is 101 Å². The van der Waals surface area contributed by atoms with Crippen LogP contribution in [0.5, 0.6) is 0 Å². The van der Waals surface area contributed by atoms with E-state index in [1.165, 1.54) is 10.4 Å². The quantitative estimate of drug-likeness (QED) is 0.902. The normalized spacial score (nSPS) is 14.6. The van der Waals surface area contributed by atoms with Gasteiger partial charge in [-0.2, -0.15) is 4.31 Å². The summed E-state index contributed by atoms with van der Waals surface area (Å²) in [6, 6.07) is 1.47. The van der Waals surface area contributed by atoms with E-state index in [1.807, 2.05) is 20.8 Å². The summed E-state index contributed by atoms with van der Waals surface area (Å²) in [4.78, 5) is 0. The minimum atomic E-state index is -3.39. The first-order valence-electron chi connectivity index (χ1n) is 5.09. The maximum Gasteiger partial charge on any atom is 0.252 e. The number of nitrogen functional groups attached to an aromatic ring is 1. The highest BCUT2D eigenvalue weighted by Gasteiger charge is 2.28. The molecule has 0 amide bonds. The van der Waals surface area contributed by atoms with Crippen LogP contribution < -0.4 is 5.73 Å². The van der Waals surface area contributed by atoms with E-state index >= 15 is 0 Å². The molecule has 2 N–H and O–H groups in total. The average Bonchev–Trinajstić information content (AvgIpc) is 2.62. The molecule has 0 fully saturated rings. The smallest absolute Gasteiger partial charge is 0.252 e. The van der Waals surface area contributed by atoms with Gasteiger partial charge in [-0.25, -0.2) is 8.42 Å². The van der Waals surface area contributed by atoms with E-state index in [1.54, 1.807) is 12.4 Å². The molecule has 0 bridgehead atoms. The number of sulfonamides is 1. The van der Waals surface area contributed by atoms with Crippen molar-refractivity contribution in [3.63, 3.8) is 0 Å². The van der Waals surface area contributed by atoms with Gasteiger partial charge in [-0.1, -0.05) is 13.8 Å². The number of hydrogen-bond acceptors (Lipinski definition) is 4. The highest BCUT2D eigenvalue weighted by atomic mass is 32.2. The highest BCUT2D eigenvalue weighted by molar-refractivity contribution is 7.91. The van der Waals surface area contributed by atoms with Crippen LogP contribution in [0, 0.1) is 5.92 Å². The summed E-state index contributed by atoms with van der Waals surface area (Å²) in [5.41, 5.74) is 6.03. The molecule has 1 unspecified atom stereocenters. The molecule has 1 atom stereocenters. The second kappa shape index (κ2) is 4.73. The second-order valence-electron chi connectivity index (χ2n) is 4.20. The van der Waals surface area contributed by atoms with Crippen molar-refractivity contribution in [2.45, 2.75) is 31.0 Å². The summed E-state index contributed by atoms with van der Waals surface area (Å²) in [7, 11) is -1.78. The minimum Gasteiger partial charge on any atom is -0.398 e. The van der Waals surface area contributed by atoms with Gasteiger partial charge in [0, 0.05) is 24.2 Å². The Kier molecular flexibility index (Phi) is 3.98. The van der Waals surface area contributed by atoms with Gasteiger partial charge in [-0.05, 0) is 18.9 Å². The molecule has 0 spiro atoms. The van der Waals surface area contributed by atoms with Crippen LogP contribution in [0.2, 0.25) is 0 Å². The topological polar surface area (TPSA) is 63.4 Å². The molecule has 1 rings (SSSR count). The van der Waals surface area contributed by atoms with Crippen LogP contribution in [0.25, 0.3) is 0 Å². The maximum absolute atomic E-state index is 12.2. The Morgan fingerprint density at radius 3 is 2.31 bits per heavy atom. The van der Waals surface area contributed by atoms with Gasteiger partial charge in [0.15, 0.2) is 0 Å². The molecular formula is C10H18N2O2S2. The summed E-state index contributed by atoms with van der Waals surface area (Å²) in [5.74, 6) is 0.275. The van der Waals surface area contributed by atoms with Crippen molar-refractivity contribution in [1.29, 1.82) is 0 Å². The number of thiophene rings is 1. The molecule has 1 aromatic heterocycles. The van der Waals surface area contributed by atoms with Gasteiger partial charge in [-0.3, -0.25) is 0 Å². The van der Waals surface area contributed by atoms with E-state index in [9.17, 15) is 8.42 Å². The molecule has 0 aliphatic heterocycles. The molecule has 0 saturated heterocycles. The number of nitrogens with two attached hydrogens (primary N) is 1. The summed E-state index contributed by atoms with van der Waals surface area (Å²) in [5, 5.41) is 1.64. The van der Waals surface area contributed by atoms with Gasteiger partial charge in [-0.15, -0.1) is 11.3 Å².